The molecule has 0 aromatic rings. The molecule has 2 aliphatic rings. The molecule has 1 amide bonds. The van der Waals surface area contributed by atoms with Crippen LogP contribution in [0.4, 0.5) is 0 Å². The lowest BCUT2D eigenvalue weighted by molar-refractivity contribution is -0.120. The van der Waals surface area contributed by atoms with E-state index in [1.165, 1.54) is 50.5 Å². The largest absolute Gasteiger partial charge is 0.355 e. The molecular weight excluding hydrogens is 212 g/mol. The van der Waals surface area contributed by atoms with Gasteiger partial charge in [-0.1, -0.05) is 24.5 Å². The van der Waals surface area contributed by atoms with Crippen molar-refractivity contribution < 1.29 is 4.79 Å². The molecule has 2 aliphatic carbocycles. The SMILES string of the molecule is O=C(CNC1CCCC1)NCCC1=CCCC1. The fourth-order valence-electron chi connectivity index (χ4n) is 2.76. The zero-order chi connectivity index (χ0) is 11.9. The van der Waals surface area contributed by atoms with E-state index in [0.717, 1.165) is 13.0 Å². The summed E-state index contributed by atoms with van der Waals surface area (Å²) in [6.07, 6.45) is 12.2. The Morgan fingerprint density at radius 3 is 2.82 bits per heavy atom. The molecule has 0 spiro atoms. The third-order valence-corrected chi connectivity index (χ3v) is 3.81. The summed E-state index contributed by atoms with van der Waals surface area (Å²) in [6, 6.07) is 0.582. The van der Waals surface area contributed by atoms with Crippen molar-refractivity contribution in [3.8, 4) is 0 Å². The molecule has 0 radical (unpaired) electrons. The van der Waals surface area contributed by atoms with Crippen LogP contribution in [0, 0.1) is 0 Å². The minimum Gasteiger partial charge on any atom is -0.355 e. The molecule has 1 fully saturated rings. The van der Waals surface area contributed by atoms with Crippen molar-refractivity contribution in [1.29, 1.82) is 0 Å². The molecule has 0 heterocycles. The number of carbonyl (C=O) groups is 1. The van der Waals surface area contributed by atoms with Crippen LogP contribution in [0.15, 0.2) is 11.6 Å². The van der Waals surface area contributed by atoms with Crippen molar-refractivity contribution in [3.05, 3.63) is 11.6 Å². The van der Waals surface area contributed by atoms with Crippen LogP contribution >= 0.6 is 0 Å². The Bertz CT molecular complexity index is 280. The Morgan fingerprint density at radius 1 is 1.29 bits per heavy atom. The minimum atomic E-state index is 0.149. The lowest BCUT2D eigenvalue weighted by Crippen LogP contribution is -2.38. The van der Waals surface area contributed by atoms with Gasteiger partial charge < -0.3 is 10.6 Å². The van der Waals surface area contributed by atoms with E-state index in [9.17, 15) is 4.79 Å². The summed E-state index contributed by atoms with van der Waals surface area (Å²) in [6.45, 7) is 1.29. The number of hydrogen-bond donors (Lipinski definition) is 2. The summed E-state index contributed by atoms with van der Waals surface area (Å²) in [7, 11) is 0. The summed E-state index contributed by atoms with van der Waals surface area (Å²) < 4.78 is 0. The highest BCUT2D eigenvalue weighted by molar-refractivity contribution is 5.78. The third kappa shape index (κ3) is 4.50. The van der Waals surface area contributed by atoms with E-state index in [1.807, 2.05) is 0 Å². The molecule has 0 aromatic heterocycles. The lowest BCUT2D eigenvalue weighted by atomic mass is 10.2. The molecule has 2 rings (SSSR count). The second kappa shape index (κ2) is 6.80. The van der Waals surface area contributed by atoms with Crippen LogP contribution < -0.4 is 10.6 Å². The van der Waals surface area contributed by atoms with Gasteiger partial charge >= 0.3 is 0 Å². The second-order valence-electron chi connectivity index (χ2n) is 5.22. The smallest absolute Gasteiger partial charge is 0.233 e. The van der Waals surface area contributed by atoms with Crippen LogP contribution in [0.2, 0.25) is 0 Å². The fraction of sp³-hybridized carbons (Fsp3) is 0.786. The van der Waals surface area contributed by atoms with Crippen LogP contribution in [0.3, 0.4) is 0 Å². The molecule has 0 aliphatic heterocycles. The standard InChI is InChI=1S/C14H24N2O/c17-14(11-16-13-7-3-4-8-13)15-10-9-12-5-1-2-6-12/h5,13,16H,1-4,6-11H2,(H,15,17). The molecule has 0 saturated heterocycles. The molecule has 0 atom stereocenters. The van der Waals surface area contributed by atoms with E-state index in [0.29, 0.717) is 12.6 Å². The van der Waals surface area contributed by atoms with Crippen molar-refractivity contribution in [1.82, 2.24) is 10.6 Å². The second-order valence-corrected chi connectivity index (χ2v) is 5.22. The first kappa shape index (κ1) is 12.6. The van der Waals surface area contributed by atoms with E-state index < -0.39 is 0 Å². The molecule has 96 valence electrons. The van der Waals surface area contributed by atoms with Gasteiger partial charge in [-0.25, -0.2) is 0 Å². The van der Waals surface area contributed by atoms with Gasteiger partial charge in [0, 0.05) is 12.6 Å². The van der Waals surface area contributed by atoms with E-state index in [-0.39, 0.29) is 5.91 Å². The topological polar surface area (TPSA) is 41.1 Å². The predicted molar refractivity (Wildman–Crippen MR) is 69.8 cm³/mol. The zero-order valence-electron chi connectivity index (χ0n) is 10.6. The van der Waals surface area contributed by atoms with E-state index in [2.05, 4.69) is 16.7 Å². The monoisotopic (exact) mass is 236 g/mol. The third-order valence-electron chi connectivity index (χ3n) is 3.81. The number of hydrogen-bond acceptors (Lipinski definition) is 2. The number of carbonyl (C=O) groups excluding carboxylic acids is 1. The molecule has 0 aromatic carbocycles. The molecule has 0 unspecified atom stereocenters. The quantitative estimate of drug-likeness (QED) is 0.694. The first-order valence-corrected chi connectivity index (χ1v) is 7.02. The summed E-state index contributed by atoms with van der Waals surface area (Å²) in [5, 5.41) is 6.32. The van der Waals surface area contributed by atoms with E-state index >= 15 is 0 Å². The lowest BCUT2D eigenvalue weighted by Gasteiger charge is -2.11. The van der Waals surface area contributed by atoms with Gasteiger partial charge in [-0.3, -0.25) is 4.79 Å². The predicted octanol–water partition coefficient (Wildman–Crippen LogP) is 2.14. The summed E-state index contributed by atoms with van der Waals surface area (Å²) in [4.78, 5) is 11.6. The molecule has 1 saturated carbocycles. The van der Waals surface area contributed by atoms with Crippen molar-refractivity contribution in [2.75, 3.05) is 13.1 Å². The molecule has 3 nitrogen and oxygen atoms in total. The normalized spacial score (nSPS) is 20.6. The van der Waals surface area contributed by atoms with Crippen LogP contribution in [-0.4, -0.2) is 25.0 Å². The zero-order valence-corrected chi connectivity index (χ0v) is 10.6. The van der Waals surface area contributed by atoms with Gasteiger partial charge in [0.15, 0.2) is 0 Å². The molecule has 3 heteroatoms. The maximum Gasteiger partial charge on any atom is 0.233 e. The Labute approximate surface area is 104 Å². The average molecular weight is 236 g/mol. The fourth-order valence-corrected chi connectivity index (χ4v) is 2.76. The minimum absolute atomic E-state index is 0.149. The van der Waals surface area contributed by atoms with Crippen molar-refractivity contribution in [2.24, 2.45) is 0 Å². The number of rotatable bonds is 6. The highest BCUT2D eigenvalue weighted by Crippen LogP contribution is 2.19. The highest BCUT2D eigenvalue weighted by Gasteiger charge is 2.15. The molecule has 2 N–H and O–H groups in total. The van der Waals surface area contributed by atoms with E-state index in [4.69, 9.17) is 0 Å². The Kier molecular flexibility index (Phi) is 5.05. The van der Waals surface area contributed by atoms with Crippen molar-refractivity contribution >= 4 is 5.91 Å². The summed E-state index contributed by atoms with van der Waals surface area (Å²) in [5.74, 6) is 0.149. The van der Waals surface area contributed by atoms with E-state index in [1.54, 1.807) is 0 Å². The highest BCUT2D eigenvalue weighted by atomic mass is 16.1. The van der Waals surface area contributed by atoms with Gasteiger partial charge in [-0.2, -0.15) is 0 Å². The maximum atomic E-state index is 11.6. The summed E-state index contributed by atoms with van der Waals surface area (Å²) in [5.41, 5.74) is 1.52. The molecule has 0 bridgehead atoms. The van der Waals surface area contributed by atoms with Gasteiger partial charge in [-0.05, 0) is 38.5 Å². The van der Waals surface area contributed by atoms with Crippen molar-refractivity contribution in [3.63, 3.8) is 0 Å². The van der Waals surface area contributed by atoms with Crippen LogP contribution in [0.25, 0.3) is 0 Å². The Balaban J connectivity index is 1.51. The molecule has 17 heavy (non-hydrogen) atoms. The number of allylic oxidation sites excluding steroid dienone is 1. The first-order valence-electron chi connectivity index (χ1n) is 7.02. The molecular formula is C14H24N2O. The average Bonchev–Trinajstić information content (AvgIpc) is 2.99. The number of amides is 1. The van der Waals surface area contributed by atoms with Crippen LogP contribution in [0.5, 0.6) is 0 Å². The van der Waals surface area contributed by atoms with Gasteiger partial charge in [0.1, 0.15) is 0 Å². The Hall–Kier alpha value is -0.830. The summed E-state index contributed by atoms with van der Waals surface area (Å²) >= 11 is 0. The Morgan fingerprint density at radius 2 is 2.12 bits per heavy atom. The van der Waals surface area contributed by atoms with Crippen molar-refractivity contribution in [2.45, 2.75) is 57.4 Å². The van der Waals surface area contributed by atoms with Gasteiger partial charge in [0.2, 0.25) is 5.91 Å². The maximum absolute atomic E-state index is 11.6. The van der Waals surface area contributed by atoms with Crippen LogP contribution in [0.1, 0.15) is 51.4 Å². The van der Waals surface area contributed by atoms with Crippen LogP contribution in [-0.2, 0) is 4.79 Å². The number of nitrogens with one attached hydrogen (secondary N) is 2. The first-order chi connectivity index (χ1) is 8.34. The van der Waals surface area contributed by atoms with Gasteiger partial charge in [0.05, 0.1) is 6.54 Å². The van der Waals surface area contributed by atoms with Gasteiger partial charge in [0.25, 0.3) is 0 Å². The van der Waals surface area contributed by atoms with Gasteiger partial charge in [-0.15, -0.1) is 0 Å².